The summed E-state index contributed by atoms with van der Waals surface area (Å²) in [5.41, 5.74) is 0.128. The van der Waals surface area contributed by atoms with E-state index in [1.165, 1.54) is 12.0 Å². The van der Waals surface area contributed by atoms with Gasteiger partial charge in [-0.2, -0.15) is 4.98 Å². The number of benzene rings is 1. The van der Waals surface area contributed by atoms with Crippen LogP contribution in [0, 0.1) is 0 Å². The topological polar surface area (TPSA) is 80.5 Å². The normalized spacial score (nSPS) is 21.7. The Bertz CT molecular complexity index is 868. The third-order valence-corrected chi connectivity index (χ3v) is 6.19. The molecule has 1 aromatic carbocycles. The second-order valence-electron chi connectivity index (χ2n) is 9.84. The van der Waals surface area contributed by atoms with Crippen molar-refractivity contribution >= 4 is 6.09 Å². The van der Waals surface area contributed by atoms with Gasteiger partial charge in [0.2, 0.25) is 5.89 Å². The minimum absolute atomic E-state index is 0.107. The maximum absolute atomic E-state index is 12.5. The van der Waals surface area contributed by atoms with Crippen molar-refractivity contribution in [3.05, 3.63) is 47.6 Å². The number of nitrogens with one attached hydrogen (secondary N) is 1. The molecule has 2 aromatic rings. The van der Waals surface area contributed by atoms with E-state index in [0.717, 1.165) is 51.6 Å². The van der Waals surface area contributed by atoms with E-state index in [9.17, 15) is 4.79 Å². The fraction of sp³-hybridized carbons (Fsp3) is 0.625. The van der Waals surface area contributed by atoms with Crippen LogP contribution in [0.3, 0.4) is 0 Å². The zero-order valence-corrected chi connectivity index (χ0v) is 18.9. The van der Waals surface area contributed by atoms with Crippen molar-refractivity contribution in [2.24, 2.45) is 0 Å². The molecule has 0 bridgehead atoms. The van der Waals surface area contributed by atoms with Crippen LogP contribution in [0.2, 0.25) is 0 Å². The third-order valence-electron chi connectivity index (χ3n) is 6.19. The van der Waals surface area contributed by atoms with E-state index in [-0.39, 0.29) is 6.04 Å². The highest BCUT2D eigenvalue weighted by Gasteiger charge is 2.43. The first-order valence-electron chi connectivity index (χ1n) is 11.5. The molecular formula is C24H34N4O3. The molecule has 4 rings (SSSR count). The summed E-state index contributed by atoms with van der Waals surface area (Å²) in [5, 5.41) is 7.43. The smallest absolute Gasteiger partial charge is 0.408 e. The van der Waals surface area contributed by atoms with Crippen molar-refractivity contribution in [2.45, 2.75) is 89.4 Å². The van der Waals surface area contributed by atoms with Crippen LogP contribution < -0.4 is 5.32 Å². The van der Waals surface area contributed by atoms with Crippen molar-refractivity contribution in [3.8, 4) is 0 Å². The Labute approximate surface area is 184 Å². The Kier molecular flexibility index (Phi) is 6.32. The van der Waals surface area contributed by atoms with Gasteiger partial charge >= 0.3 is 6.09 Å². The quantitative estimate of drug-likeness (QED) is 0.717. The molecule has 1 atom stereocenters. The van der Waals surface area contributed by atoms with E-state index in [4.69, 9.17) is 14.2 Å². The van der Waals surface area contributed by atoms with Gasteiger partial charge < -0.3 is 14.6 Å². The number of hydrogen-bond acceptors (Lipinski definition) is 6. The van der Waals surface area contributed by atoms with Crippen LogP contribution in [0.1, 0.15) is 89.0 Å². The Balaban J connectivity index is 1.52. The predicted octanol–water partition coefficient (Wildman–Crippen LogP) is 5.09. The predicted molar refractivity (Wildman–Crippen MR) is 117 cm³/mol. The van der Waals surface area contributed by atoms with Crippen LogP contribution in [-0.4, -0.2) is 33.3 Å². The molecule has 7 heteroatoms. The average molecular weight is 427 g/mol. The molecule has 1 N–H and O–H groups in total. The fourth-order valence-corrected chi connectivity index (χ4v) is 4.72. The van der Waals surface area contributed by atoms with Gasteiger partial charge in [0.15, 0.2) is 5.82 Å². The number of ether oxygens (including phenoxy) is 1. The van der Waals surface area contributed by atoms with Crippen molar-refractivity contribution in [2.75, 3.05) is 6.54 Å². The number of carbonyl (C=O) groups is 1. The lowest BCUT2D eigenvalue weighted by Gasteiger charge is -2.33. The first kappa shape index (κ1) is 21.8. The van der Waals surface area contributed by atoms with Crippen LogP contribution in [0.15, 0.2) is 34.9 Å². The Morgan fingerprint density at radius 3 is 2.65 bits per heavy atom. The lowest BCUT2D eigenvalue weighted by atomic mass is 9.96. The average Bonchev–Trinajstić information content (AvgIpc) is 3.38. The second kappa shape index (κ2) is 8.99. The molecular weight excluding hydrogens is 392 g/mol. The van der Waals surface area contributed by atoms with E-state index in [1.54, 1.807) is 0 Å². The maximum Gasteiger partial charge on any atom is 0.408 e. The molecule has 0 spiro atoms. The molecule has 168 valence electrons. The number of alkyl carbamates (subject to hydrolysis) is 1. The first-order valence-corrected chi connectivity index (χ1v) is 11.5. The van der Waals surface area contributed by atoms with Gasteiger partial charge in [0, 0.05) is 6.54 Å². The Hall–Kier alpha value is -2.41. The molecule has 1 unspecified atom stereocenters. The van der Waals surface area contributed by atoms with Crippen molar-refractivity contribution < 1.29 is 14.1 Å². The molecule has 2 heterocycles. The van der Waals surface area contributed by atoms with Gasteiger partial charge in [-0.15, -0.1) is 0 Å². The van der Waals surface area contributed by atoms with E-state index in [0.29, 0.717) is 11.7 Å². The molecule has 0 radical (unpaired) electrons. The van der Waals surface area contributed by atoms with Gasteiger partial charge in [-0.25, -0.2) is 4.79 Å². The molecule has 2 aliphatic rings. The lowest BCUT2D eigenvalue weighted by Crippen LogP contribution is -2.46. The molecule has 1 saturated carbocycles. The van der Waals surface area contributed by atoms with Gasteiger partial charge in [-0.1, -0.05) is 54.8 Å². The minimum atomic E-state index is -0.608. The van der Waals surface area contributed by atoms with Gasteiger partial charge in [-0.3, -0.25) is 4.90 Å². The number of nitrogens with zero attached hydrogens (tertiary/aromatic N) is 3. The molecule has 7 nitrogen and oxygen atoms in total. The summed E-state index contributed by atoms with van der Waals surface area (Å²) in [5.74, 6) is 1.24. The third kappa shape index (κ3) is 5.26. The molecule has 2 fully saturated rings. The number of hydrogen-bond donors (Lipinski definition) is 1. The SMILES string of the molecule is CC(C)(C)OC(=O)NC1(c2noc(C3CCCCN3Cc3ccccc3)n2)CCCC1. The second-order valence-corrected chi connectivity index (χ2v) is 9.84. The van der Waals surface area contributed by atoms with Gasteiger partial charge in [-0.05, 0) is 58.6 Å². The minimum Gasteiger partial charge on any atom is -0.444 e. The van der Waals surface area contributed by atoms with Crippen molar-refractivity contribution in [1.82, 2.24) is 20.4 Å². The number of aromatic nitrogens is 2. The summed E-state index contributed by atoms with van der Waals surface area (Å²) in [6.07, 6.45) is 6.52. The van der Waals surface area contributed by atoms with Gasteiger partial charge in [0.05, 0.1) is 6.04 Å². The van der Waals surface area contributed by atoms with Gasteiger partial charge in [0.25, 0.3) is 0 Å². The fourth-order valence-electron chi connectivity index (χ4n) is 4.72. The number of carbonyl (C=O) groups excluding carboxylic acids is 1. The van der Waals surface area contributed by atoms with E-state index >= 15 is 0 Å². The highest BCUT2D eigenvalue weighted by molar-refractivity contribution is 5.69. The maximum atomic E-state index is 12.5. The Morgan fingerprint density at radius 2 is 1.94 bits per heavy atom. The summed E-state index contributed by atoms with van der Waals surface area (Å²) in [7, 11) is 0. The van der Waals surface area contributed by atoms with Crippen LogP contribution in [0.25, 0.3) is 0 Å². The monoisotopic (exact) mass is 426 g/mol. The van der Waals surface area contributed by atoms with Crippen molar-refractivity contribution in [1.29, 1.82) is 0 Å². The summed E-state index contributed by atoms with van der Waals surface area (Å²) in [6.45, 7) is 7.48. The number of amides is 1. The summed E-state index contributed by atoms with van der Waals surface area (Å²) < 4.78 is 11.3. The first-order chi connectivity index (χ1) is 14.8. The molecule has 1 aromatic heterocycles. The number of likely N-dealkylation sites (tertiary alicyclic amines) is 1. The van der Waals surface area contributed by atoms with E-state index in [2.05, 4.69) is 39.6 Å². The highest BCUT2D eigenvalue weighted by atomic mass is 16.6. The van der Waals surface area contributed by atoms with Crippen LogP contribution >= 0.6 is 0 Å². The van der Waals surface area contributed by atoms with Gasteiger partial charge in [0.1, 0.15) is 11.1 Å². The number of rotatable bonds is 5. The van der Waals surface area contributed by atoms with Crippen molar-refractivity contribution in [3.63, 3.8) is 0 Å². The molecule has 31 heavy (non-hydrogen) atoms. The van der Waals surface area contributed by atoms with E-state index < -0.39 is 17.2 Å². The lowest BCUT2D eigenvalue weighted by molar-refractivity contribution is 0.0446. The summed E-state index contributed by atoms with van der Waals surface area (Å²) in [6, 6.07) is 10.6. The number of piperidine rings is 1. The zero-order valence-electron chi connectivity index (χ0n) is 18.9. The zero-order chi connectivity index (χ0) is 21.9. The van der Waals surface area contributed by atoms with Crippen LogP contribution in [-0.2, 0) is 16.8 Å². The standard InChI is InChI=1S/C24H34N4O3/c1-23(2,3)30-22(29)26-24(14-8-9-15-24)21-25-20(31-27-21)19-13-7-10-16-28(19)17-18-11-5-4-6-12-18/h4-6,11-12,19H,7-10,13-17H2,1-3H3,(H,26,29). The molecule has 1 saturated heterocycles. The Morgan fingerprint density at radius 1 is 1.19 bits per heavy atom. The van der Waals surface area contributed by atoms with E-state index in [1.807, 2.05) is 26.8 Å². The molecule has 1 amide bonds. The summed E-state index contributed by atoms with van der Waals surface area (Å²) >= 11 is 0. The highest BCUT2D eigenvalue weighted by Crippen LogP contribution is 2.39. The van der Waals surface area contributed by atoms with Crippen LogP contribution in [0.4, 0.5) is 4.79 Å². The van der Waals surface area contributed by atoms with Crippen LogP contribution in [0.5, 0.6) is 0 Å². The molecule has 1 aliphatic heterocycles. The largest absolute Gasteiger partial charge is 0.444 e. The molecule has 1 aliphatic carbocycles. The summed E-state index contributed by atoms with van der Waals surface area (Å²) in [4.78, 5) is 19.8.